The summed E-state index contributed by atoms with van der Waals surface area (Å²) in [7, 11) is 0. The van der Waals surface area contributed by atoms with Gasteiger partial charge >= 0.3 is 11.9 Å². The van der Waals surface area contributed by atoms with E-state index in [0.717, 1.165) is 25.8 Å². The van der Waals surface area contributed by atoms with Gasteiger partial charge in [-0.25, -0.2) is 9.59 Å². The first-order valence-electron chi connectivity index (χ1n) is 10.6. The minimum Gasteiger partial charge on any atom is -0.473 e. The van der Waals surface area contributed by atoms with Crippen molar-refractivity contribution in [3.05, 3.63) is 70.8 Å². The van der Waals surface area contributed by atoms with Crippen LogP contribution in [-0.4, -0.2) is 47.4 Å². The van der Waals surface area contributed by atoms with Crippen LogP contribution in [0.2, 0.25) is 0 Å². The van der Waals surface area contributed by atoms with E-state index in [2.05, 4.69) is 67.7 Å². The summed E-state index contributed by atoms with van der Waals surface area (Å²) in [6.45, 7) is 5.85. The maximum absolute atomic E-state index is 9.10. The van der Waals surface area contributed by atoms with Crippen molar-refractivity contribution < 1.29 is 29.3 Å². The lowest BCUT2D eigenvalue weighted by Gasteiger charge is -2.31. The zero-order chi connectivity index (χ0) is 22.4. The molecular formula is C24H29NO6. The Hall–Kier alpha value is -2.74. The van der Waals surface area contributed by atoms with Crippen LogP contribution < -0.4 is 5.32 Å². The molecule has 7 nitrogen and oxygen atoms in total. The van der Waals surface area contributed by atoms with Crippen LogP contribution in [0.3, 0.4) is 0 Å². The van der Waals surface area contributed by atoms with Crippen molar-refractivity contribution in [2.24, 2.45) is 0 Å². The summed E-state index contributed by atoms with van der Waals surface area (Å²) >= 11 is 0. The highest BCUT2D eigenvalue weighted by molar-refractivity contribution is 6.27. The van der Waals surface area contributed by atoms with E-state index in [1.165, 1.54) is 22.3 Å². The average molecular weight is 427 g/mol. The molecule has 2 unspecified atom stereocenters. The first-order chi connectivity index (χ1) is 14.9. The molecule has 0 amide bonds. The molecule has 3 N–H and O–H groups in total. The Balaban J connectivity index is 0.000000401. The number of fused-ring (bicyclic) bond motifs is 4. The second-order valence-corrected chi connectivity index (χ2v) is 7.81. The molecule has 0 bridgehead atoms. The third-order valence-electron chi connectivity index (χ3n) is 5.70. The highest BCUT2D eigenvalue weighted by Crippen LogP contribution is 2.45. The molecule has 1 aliphatic heterocycles. The third kappa shape index (κ3) is 5.12. The van der Waals surface area contributed by atoms with Crippen molar-refractivity contribution in [2.75, 3.05) is 13.2 Å². The van der Waals surface area contributed by atoms with Crippen LogP contribution in [0.1, 0.15) is 42.5 Å². The van der Waals surface area contributed by atoms with Gasteiger partial charge in [-0.3, -0.25) is 0 Å². The summed E-state index contributed by atoms with van der Waals surface area (Å²) in [5.74, 6) is -4.41. The molecule has 1 fully saturated rings. The average Bonchev–Trinajstić information content (AvgIpc) is 3.16. The number of carboxylic acid groups (broad SMARTS) is 2. The summed E-state index contributed by atoms with van der Waals surface area (Å²) in [6.07, 6.45) is 3.23. The lowest BCUT2D eigenvalue weighted by Crippen LogP contribution is -2.36. The molecule has 2 aromatic carbocycles. The van der Waals surface area contributed by atoms with Gasteiger partial charge < -0.3 is 25.0 Å². The van der Waals surface area contributed by atoms with E-state index in [4.69, 9.17) is 29.3 Å². The summed E-state index contributed by atoms with van der Waals surface area (Å²) in [5.41, 5.74) is 5.00. The zero-order valence-electron chi connectivity index (χ0n) is 17.8. The molecule has 31 heavy (non-hydrogen) atoms. The number of ether oxygens (including phenoxy) is 2. The molecule has 0 radical (unpaired) electrons. The van der Waals surface area contributed by atoms with E-state index >= 15 is 0 Å². The molecule has 1 saturated heterocycles. The fourth-order valence-electron chi connectivity index (χ4n) is 3.91. The van der Waals surface area contributed by atoms with Crippen molar-refractivity contribution in [3.63, 3.8) is 0 Å². The van der Waals surface area contributed by atoms with Crippen molar-refractivity contribution in [1.29, 1.82) is 0 Å². The van der Waals surface area contributed by atoms with Crippen LogP contribution in [0, 0.1) is 0 Å². The number of aliphatic carboxylic acids is 2. The number of carbonyl (C=O) groups is 2. The van der Waals surface area contributed by atoms with Gasteiger partial charge in [-0.15, -0.1) is 0 Å². The van der Waals surface area contributed by atoms with Crippen molar-refractivity contribution in [3.8, 4) is 0 Å². The quantitative estimate of drug-likeness (QED) is 0.644. The summed E-state index contributed by atoms with van der Waals surface area (Å²) in [5, 5.41) is 18.3. The lowest BCUT2D eigenvalue weighted by atomic mass is 9.93. The molecule has 0 aromatic heterocycles. The minimum atomic E-state index is -1.82. The van der Waals surface area contributed by atoms with E-state index in [9.17, 15) is 0 Å². The summed E-state index contributed by atoms with van der Waals surface area (Å²) < 4.78 is 13.1. The largest absolute Gasteiger partial charge is 0.473 e. The predicted octanol–water partition coefficient (Wildman–Crippen LogP) is 2.95. The topological polar surface area (TPSA) is 105 Å². The van der Waals surface area contributed by atoms with Gasteiger partial charge in [-0.1, -0.05) is 55.5 Å². The van der Waals surface area contributed by atoms with Crippen LogP contribution in [0.15, 0.2) is 48.5 Å². The minimum absolute atomic E-state index is 0.0632. The molecular weight excluding hydrogens is 398 g/mol. The SMILES string of the molecule is CCC(C)NCC1COC2(O1)c1ccccc1CCc1ccccc12.O=C(O)C(=O)O. The van der Waals surface area contributed by atoms with Crippen LogP contribution in [-0.2, 0) is 37.7 Å². The Labute approximate surface area is 182 Å². The first-order valence-corrected chi connectivity index (χ1v) is 10.6. The Kier molecular flexibility index (Phi) is 7.43. The number of hydrogen-bond donors (Lipinski definition) is 3. The fourth-order valence-corrected chi connectivity index (χ4v) is 3.91. The van der Waals surface area contributed by atoms with E-state index < -0.39 is 17.7 Å². The predicted molar refractivity (Wildman–Crippen MR) is 115 cm³/mol. The van der Waals surface area contributed by atoms with Crippen LogP contribution in [0.4, 0.5) is 0 Å². The van der Waals surface area contributed by atoms with Gasteiger partial charge in [0.15, 0.2) is 0 Å². The highest BCUT2D eigenvalue weighted by Gasteiger charge is 2.47. The Morgan fingerprint density at radius 3 is 2.03 bits per heavy atom. The molecule has 166 valence electrons. The molecule has 0 saturated carbocycles. The van der Waals surface area contributed by atoms with E-state index in [-0.39, 0.29) is 6.10 Å². The normalized spacial score (nSPS) is 19.4. The second kappa shape index (κ2) is 10.0. The molecule has 2 aromatic rings. The molecule has 2 atom stereocenters. The third-order valence-corrected chi connectivity index (χ3v) is 5.70. The molecule has 1 spiro atoms. The van der Waals surface area contributed by atoms with Gasteiger partial charge in [0.1, 0.15) is 0 Å². The highest BCUT2D eigenvalue weighted by atomic mass is 16.7. The maximum atomic E-state index is 9.10. The van der Waals surface area contributed by atoms with Gasteiger partial charge in [-0.2, -0.15) is 0 Å². The molecule has 1 aliphatic carbocycles. The number of nitrogens with one attached hydrogen (secondary N) is 1. The zero-order valence-corrected chi connectivity index (χ0v) is 17.8. The Bertz CT molecular complexity index is 868. The molecule has 7 heteroatoms. The number of hydrogen-bond acceptors (Lipinski definition) is 5. The lowest BCUT2D eigenvalue weighted by molar-refractivity contribution is -0.159. The standard InChI is InChI=1S/C22H27NO2.C2H2O4/c1-3-16(2)23-14-19-15-24-22(25-19)20-10-6-4-8-17(20)12-13-18-9-5-7-11-21(18)22;3-1(4)2(5)6/h4-11,16,19,23H,3,12-15H2,1-2H3;(H,3,4)(H,5,6). The van der Waals surface area contributed by atoms with Crippen molar-refractivity contribution in [2.45, 2.75) is 51.0 Å². The molecule has 2 aliphatic rings. The van der Waals surface area contributed by atoms with E-state index in [0.29, 0.717) is 12.6 Å². The van der Waals surface area contributed by atoms with Crippen molar-refractivity contribution >= 4 is 11.9 Å². The number of aryl methyl sites for hydroxylation is 2. The molecule has 4 rings (SSSR count). The number of rotatable bonds is 4. The maximum Gasteiger partial charge on any atom is 0.414 e. The molecule has 1 heterocycles. The fraction of sp³-hybridized carbons (Fsp3) is 0.417. The van der Waals surface area contributed by atoms with Crippen LogP contribution in [0.25, 0.3) is 0 Å². The first kappa shape index (κ1) is 22.9. The smallest absolute Gasteiger partial charge is 0.414 e. The van der Waals surface area contributed by atoms with Gasteiger partial charge in [0.05, 0.1) is 12.7 Å². The van der Waals surface area contributed by atoms with Gasteiger partial charge in [0, 0.05) is 23.7 Å². The number of benzene rings is 2. The Morgan fingerprint density at radius 1 is 1.03 bits per heavy atom. The Morgan fingerprint density at radius 2 is 1.55 bits per heavy atom. The summed E-state index contributed by atoms with van der Waals surface area (Å²) in [4.78, 5) is 18.2. The van der Waals surface area contributed by atoms with Crippen molar-refractivity contribution in [1.82, 2.24) is 5.32 Å². The van der Waals surface area contributed by atoms with Gasteiger partial charge in [-0.05, 0) is 37.3 Å². The monoisotopic (exact) mass is 427 g/mol. The van der Waals surface area contributed by atoms with Gasteiger partial charge in [0.2, 0.25) is 5.79 Å². The van der Waals surface area contributed by atoms with E-state index in [1.54, 1.807) is 0 Å². The van der Waals surface area contributed by atoms with E-state index in [1.807, 2.05) is 0 Å². The van der Waals surface area contributed by atoms with Crippen LogP contribution >= 0.6 is 0 Å². The second-order valence-electron chi connectivity index (χ2n) is 7.81. The van der Waals surface area contributed by atoms with Gasteiger partial charge in [0.25, 0.3) is 0 Å². The number of carboxylic acids is 2. The van der Waals surface area contributed by atoms with Crippen LogP contribution in [0.5, 0.6) is 0 Å². The summed E-state index contributed by atoms with van der Waals surface area (Å²) in [6, 6.07) is 17.6.